The van der Waals surface area contributed by atoms with Gasteiger partial charge in [0.05, 0.1) is 11.4 Å². The highest BCUT2D eigenvalue weighted by Gasteiger charge is 2.17. The van der Waals surface area contributed by atoms with Gasteiger partial charge in [0.25, 0.3) is 11.8 Å². The SMILES string of the molecule is CCCNc1nc(NCCCNC(=O)c2cccc(C(=O)NCCCNc3nc4c(c(NCCC)n3)CC=CC4)c2)nc2c1CC=CC2. The first-order valence-electron chi connectivity index (χ1n) is 17.3. The number of carbonyl (C=O) groups is 2. The molecule has 2 aliphatic carbocycles. The third-order valence-corrected chi connectivity index (χ3v) is 8.10. The molecule has 2 aliphatic rings. The molecule has 48 heavy (non-hydrogen) atoms. The van der Waals surface area contributed by atoms with Gasteiger partial charge in [-0.05, 0) is 56.7 Å². The van der Waals surface area contributed by atoms with Crippen molar-refractivity contribution in [2.75, 3.05) is 60.5 Å². The van der Waals surface area contributed by atoms with Crippen molar-refractivity contribution >= 4 is 35.3 Å². The minimum Gasteiger partial charge on any atom is -0.370 e. The van der Waals surface area contributed by atoms with Crippen LogP contribution in [0.4, 0.5) is 23.5 Å². The normalized spacial score (nSPS) is 12.9. The third kappa shape index (κ3) is 9.52. The highest BCUT2D eigenvalue weighted by Crippen LogP contribution is 2.25. The molecule has 3 aromatic rings. The van der Waals surface area contributed by atoms with Gasteiger partial charge in [0.15, 0.2) is 0 Å². The van der Waals surface area contributed by atoms with Crippen molar-refractivity contribution in [2.45, 2.75) is 65.2 Å². The van der Waals surface area contributed by atoms with Crippen LogP contribution in [-0.2, 0) is 25.7 Å². The van der Waals surface area contributed by atoms with Gasteiger partial charge < -0.3 is 31.9 Å². The summed E-state index contributed by atoms with van der Waals surface area (Å²) in [5, 5.41) is 19.4. The molecule has 12 heteroatoms. The molecule has 6 N–H and O–H groups in total. The maximum Gasteiger partial charge on any atom is 0.251 e. The maximum atomic E-state index is 12.8. The molecule has 0 saturated heterocycles. The first kappa shape index (κ1) is 34.3. The summed E-state index contributed by atoms with van der Waals surface area (Å²) in [6.45, 7) is 8.18. The fourth-order valence-corrected chi connectivity index (χ4v) is 5.54. The second-order valence-corrected chi connectivity index (χ2v) is 11.9. The number of nitrogens with one attached hydrogen (secondary N) is 6. The van der Waals surface area contributed by atoms with Crippen molar-refractivity contribution < 1.29 is 9.59 Å². The number of fused-ring (bicyclic) bond motifs is 2. The fourth-order valence-electron chi connectivity index (χ4n) is 5.54. The van der Waals surface area contributed by atoms with Crippen molar-refractivity contribution in [1.29, 1.82) is 0 Å². The summed E-state index contributed by atoms with van der Waals surface area (Å²) < 4.78 is 0. The molecule has 1 aromatic carbocycles. The van der Waals surface area contributed by atoms with Gasteiger partial charge in [0.2, 0.25) is 11.9 Å². The van der Waals surface area contributed by atoms with Crippen LogP contribution in [0.3, 0.4) is 0 Å². The number of hydrogen-bond donors (Lipinski definition) is 6. The van der Waals surface area contributed by atoms with E-state index in [-0.39, 0.29) is 11.8 Å². The number of aromatic nitrogens is 4. The number of rotatable bonds is 18. The standard InChI is InChI=1S/C36H48N10O2/c1-3-18-37-31-27-14-5-7-16-29(27)43-35(45-31)41-22-10-20-39-33(47)25-12-9-13-26(24-25)34(48)40-21-11-23-42-36-44-30-17-8-6-15-28(30)32(46-36)38-19-4-2/h5-9,12-13,24H,3-4,10-11,14-23H2,1-2H3,(H,39,47)(H,40,48)(H2,37,41,43,45)(H2,38,42,44,46). The fraction of sp³-hybridized carbons (Fsp3) is 0.444. The van der Waals surface area contributed by atoms with Crippen molar-refractivity contribution in [1.82, 2.24) is 30.6 Å². The molecule has 254 valence electrons. The molecule has 5 rings (SSSR count). The molecule has 2 aromatic heterocycles. The summed E-state index contributed by atoms with van der Waals surface area (Å²) in [6, 6.07) is 6.78. The van der Waals surface area contributed by atoms with Crippen molar-refractivity contribution in [2.24, 2.45) is 0 Å². The molecule has 0 saturated carbocycles. The Bertz CT molecular complexity index is 1510. The van der Waals surface area contributed by atoms with Crippen LogP contribution < -0.4 is 31.9 Å². The van der Waals surface area contributed by atoms with Crippen molar-refractivity contribution in [3.05, 3.63) is 82.2 Å². The molecule has 0 unspecified atom stereocenters. The Balaban J connectivity index is 1.02. The largest absolute Gasteiger partial charge is 0.370 e. The summed E-state index contributed by atoms with van der Waals surface area (Å²) in [5.41, 5.74) is 5.33. The minimum absolute atomic E-state index is 0.218. The van der Waals surface area contributed by atoms with Gasteiger partial charge >= 0.3 is 0 Å². The Morgan fingerprint density at radius 3 is 1.50 bits per heavy atom. The van der Waals surface area contributed by atoms with E-state index in [1.54, 1.807) is 24.3 Å². The van der Waals surface area contributed by atoms with Gasteiger partial charge in [-0.25, -0.2) is 9.97 Å². The lowest BCUT2D eigenvalue weighted by Gasteiger charge is -2.17. The molecule has 2 amide bonds. The van der Waals surface area contributed by atoms with Crippen LogP contribution in [0.25, 0.3) is 0 Å². The molecule has 2 heterocycles. The Hall–Kier alpha value is -5.00. The second kappa shape index (κ2) is 17.8. The Labute approximate surface area is 283 Å². The van der Waals surface area contributed by atoms with Crippen LogP contribution in [0.15, 0.2) is 48.6 Å². The number of anilines is 4. The third-order valence-electron chi connectivity index (χ3n) is 8.10. The topological polar surface area (TPSA) is 158 Å². The maximum absolute atomic E-state index is 12.8. The van der Waals surface area contributed by atoms with E-state index in [2.05, 4.69) is 70.1 Å². The zero-order valence-electron chi connectivity index (χ0n) is 28.1. The predicted molar refractivity (Wildman–Crippen MR) is 192 cm³/mol. The average Bonchev–Trinajstić information content (AvgIpc) is 3.12. The molecule has 0 spiro atoms. The van der Waals surface area contributed by atoms with E-state index >= 15 is 0 Å². The van der Waals surface area contributed by atoms with Crippen LogP contribution in [0.1, 0.15) is 82.8 Å². The molecule has 0 radical (unpaired) electrons. The van der Waals surface area contributed by atoms with Crippen molar-refractivity contribution in [3.63, 3.8) is 0 Å². The molecular formula is C36H48N10O2. The van der Waals surface area contributed by atoms with E-state index in [1.165, 1.54) is 11.1 Å². The molecular weight excluding hydrogens is 604 g/mol. The number of hydrogen-bond acceptors (Lipinski definition) is 10. The van der Waals surface area contributed by atoms with E-state index in [9.17, 15) is 9.59 Å². The van der Waals surface area contributed by atoms with Gasteiger partial charge in [-0.15, -0.1) is 0 Å². The predicted octanol–water partition coefficient (Wildman–Crippen LogP) is 4.68. The summed E-state index contributed by atoms with van der Waals surface area (Å²) in [5.74, 6) is 2.56. The van der Waals surface area contributed by atoms with E-state index < -0.39 is 0 Å². The van der Waals surface area contributed by atoms with E-state index in [0.29, 0.717) is 62.0 Å². The first-order chi connectivity index (χ1) is 23.6. The van der Waals surface area contributed by atoms with Crippen molar-refractivity contribution in [3.8, 4) is 0 Å². The average molecular weight is 653 g/mol. The Morgan fingerprint density at radius 2 is 1.04 bits per heavy atom. The van der Waals surface area contributed by atoms with Gasteiger partial charge in [0.1, 0.15) is 11.6 Å². The molecule has 0 atom stereocenters. The van der Waals surface area contributed by atoms with E-state index in [0.717, 1.165) is 74.6 Å². The molecule has 0 fully saturated rings. The number of allylic oxidation sites excluding steroid dienone is 4. The highest BCUT2D eigenvalue weighted by atomic mass is 16.2. The smallest absolute Gasteiger partial charge is 0.251 e. The van der Waals surface area contributed by atoms with Gasteiger partial charge in [-0.1, -0.05) is 44.2 Å². The van der Waals surface area contributed by atoms with Crippen LogP contribution in [-0.4, -0.2) is 71.0 Å². The zero-order chi connectivity index (χ0) is 33.6. The van der Waals surface area contributed by atoms with Crippen LogP contribution in [0, 0.1) is 0 Å². The highest BCUT2D eigenvalue weighted by molar-refractivity contribution is 5.99. The lowest BCUT2D eigenvalue weighted by atomic mass is 10.0. The summed E-state index contributed by atoms with van der Waals surface area (Å²) >= 11 is 0. The van der Waals surface area contributed by atoms with E-state index in [1.807, 2.05) is 0 Å². The quantitative estimate of drug-likeness (QED) is 0.0842. The molecule has 0 bridgehead atoms. The monoisotopic (exact) mass is 652 g/mol. The van der Waals surface area contributed by atoms with Gasteiger partial charge in [0, 0.05) is 74.4 Å². The molecule has 12 nitrogen and oxygen atoms in total. The lowest BCUT2D eigenvalue weighted by molar-refractivity contribution is 0.0953. The number of benzene rings is 1. The van der Waals surface area contributed by atoms with Crippen LogP contribution in [0.2, 0.25) is 0 Å². The minimum atomic E-state index is -0.218. The van der Waals surface area contributed by atoms with Gasteiger partial charge in [-0.3, -0.25) is 9.59 Å². The summed E-state index contributed by atoms with van der Waals surface area (Å²) in [4.78, 5) is 44.5. The van der Waals surface area contributed by atoms with E-state index in [4.69, 9.17) is 19.9 Å². The Kier molecular flexibility index (Phi) is 12.7. The number of carbonyl (C=O) groups excluding carboxylic acids is 2. The number of nitrogens with zero attached hydrogens (tertiary/aromatic N) is 4. The summed E-state index contributed by atoms with van der Waals surface area (Å²) in [6.07, 6.45) is 15.3. The summed E-state index contributed by atoms with van der Waals surface area (Å²) in [7, 11) is 0. The lowest BCUT2D eigenvalue weighted by Crippen LogP contribution is -2.28. The van der Waals surface area contributed by atoms with Gasteiger partial charge in [-0.2, -0.15) is 9.97 Å². The number of amides is 2. The zero-order valence-corrected chi connectivity index (χ0v) is 28.1. The van der Waals surface area contributed by atoms with Crippen LogP contribution in [0.5, 0.6) is 0 Å². The first-order valence-corrected chi connectivity index (χ1v) is 17.3. The Morgan fingerprint density at radius 1 is 0.583 bits per heavy atom. The second-order valence-electron chi connectivity index (χ2n) is 11.9. The van der Waals surface area contributed by atoms with Crippen LogP contribution >= 0.6 is 0 Å². The molecule has 0 aliphatic heterocycles.